The summed E-state index contributed by atoms with van der Waals surface area (Å²) < 4.78 is 0. The van der Waals surface area contributed by atoms with Gasteiger partial charge < -0.3 is 10.2 Å². The van der Waals surface area contributed by atoms with E-state index in [-0.39, 0.29) is 0 Å². The van der Waals surface area contributed by atoms with Gasteiger partial charge in [0.1, 0.15) is 0 Å². The van der Waals surface area contributed by atoms with Crippen LogP contribution in [0.1, 0.15) is 18.4 Å². The summed E-state index contributed by atoms with van der Waals surface area (Å²) in [6, 6.07) is 11.0. The van der Waals surface area contributed by atoms with Crippen molar-refractivity contribution in [1.29, 1.82) is 0 Å². The van der Waals surface area contributed by atoms with Gasteiger partial charge >= 0.3 is 0 Å². The molecule has 2 aliphatic rings. The minimum absolute atomic E-state index is 0.579. The lowest BCUT2D eigenvalue weighted by atomic mass is 9.68. The fourth-order valence-electron chi connectivity index (χ4n) is 3.87. The Bertz CT molecular complexity index is 385. The zero-order chi connectivity index (χ0) is 12.4. The highest BCUT2D eigenvalue weighted by atomic mass is 15.1. The van der Waals surface area contributed by atoms with Crippen molar-refractivity contribution in [1.82, 2.24) is 10.2 Å². The van der Waals surface area contributed by atoms with E-state index in [4.69, 9.17) is 0 Å². The predicted octanol–water partition coefficient (Wildman–Crippen LogP) is 2.16. The van der Waals surface area contributed by atoms with Crippen LogP contribution in [0.4, 0.5) is 0 Å². The molecular weight excluding hydrogens is 220 g/mol. The maximum Gasteiger partial charge on any atom is 0.00391 e. The molecule has 2 fully saturated rings. The third-order valence-electron chi connectivity index (χ3n) is 4.96. The number of piperidine rings is 1. The summed E-state index contributed by atoms with van der Waals surface area (Å²) >= 11 is 0. The number of nitrogens with one attached hydrogen (secondary N) is 1. The topological polar surface area (TPSA) is 15.3 Å². The SMILES string of the molecule is CN1CCC2(CCNCC2Cc2ccccc2)C1. The Morgan fingerprint density at radius 1 is 1.28 bits per heavy atom. The summed E-state index contributed by atoms with van der Waals surface area (Å²) in [6.07, 6.45) is 3.99. The van der Waals surface area contributed by atoms with Crippen LogP contribution in [0.15, 0.2) is 30.3 Å². The van der Waals surface area contributed by atoms with E-state index in [0.717, 1.165) is 5.92 Å². The Morgan fingerprint density at radius 2 is 2.11 bits per heavy atom. The fraction of sp³-hybridized carbons (Fsp3) is 0.625. The molecule has 0 saturated carbocycles. The molecular formula is C16H24N2. The highest BCUT2D eigenvalue weighted by molar-refractivity contribution is 5.17. The summed E-state index contributed by atoms with van der Waals surface area (Å²) in [5.41, 5.74) is 2.08. The van der Waals surface area contributed by atoms with Crippen LogP contribution in [-0.2, 0) is 6.42 Å². The Balaban J connectivity index is 1.76. The molecule has 0 radical (unpaired) electrons. The first-order chi connectivity index (χ1) is 8.78. The average Bonchev–Trinajstić information content (AvgIpc) is 2.76. The molecule has 98 valence electrons. The van der Waals surface area contributed by atoms with Crippen LogP contribution in [0.2, 0.25) is 0 Å². The van der Waals surface area contributed by atoms with Crippen LogP contribution in [0, 0.1) is 11.3 Å². The van der Waals surface area contributed by atoms with Crippen molar-refractivity contribution >= 4 is 0 Å². The van der Waals surface area contributed by atoms with Crippen LogP contribution in [0.25, 0.3) is 0 Å². The average molecular weight is 244 g/mol. The van der Waals surface area contributed by atoms with E-state index in [1.807, 2.05) is 0 Å². The van der Waals surface area contributed by atoms with Crippen molar-refractivity contribution in [3.8, 4) is 0 Å². The van der Waals surface area contributed by atoms with Gasteiger partial charge in [-0.05, 0) is 62.8 Å². The second-order valence-corrected chi connectivity index (χ2v) is 6.19. The molecule has 18 heavy (non-hydrogen) atoms. The van der Waals surface area contributed by atoms with Crippen molar-refractivity contribution in [3.63, 3.8) is 0 Å². The van der Waals surface area contributed by atoms with Gasteiger partial charge in [0.2, 0.25) is 0 Å². The van der Waals surface area contributed by atoms with E-state index >= 15 is 0 Å². The van der Waals surface area contributed by atoms with Crippen molar-refractivity contribution in [2.24, 2.45) is 11.3 Å². The van der Waals surface area contributed by atoms with Gasteiger partial charge in [-0.15, -0.1) is 0 Å². The first-order valence-electron chi connectivity index (χ1n) is 7.22. The summed E-state index contributed by atoms with van der Waals surface area (Å²) in [4.78, 5) is 2.52. The predicted molar refractivity (Wildman–Crippen MR) is 75.7 cm³/mol. The Morgan fingerprint density at radius 3 is 2.83 bits per heavy atom. The van der Waals surface area contributed by atoms with Crippen molar-refractivity contribution in [2.45, 2.75) is 19.3 Å². The molecule has 2 aliphatic heterocycles. The number of nitrogens with zero attached hydrogens (tertiary/aromatic N) is 1. The third kappa shape index (κ3) is 2.32. The molecule has 2 heterocycles. The fourth-order valence-corrected chi connectivity index (χ4v) is 3.87. The minimum atomic E-state index is 0.579. The van der Waals surface area contributed by atoms with Gasteiger partial charge in [0.25, 0.3) is 0 Å². The summed E-state index contributed by atoms with van der Waals surface area (Å²) in [6.45, 7) is 4.99. The van der Waals surface area contributed by atoms with Crippen LogP contribution in [0.5, 0.6) is 0 Å². The lowest BCUT2D eigenvalue weighted by Crippen LogP contribution is -2.47. The molecule has 0 bridgehead atoms. The number of rotatable bonds is 2. The van der Waals surface area contributed by atoms with Gasteiger partial charge in [0, 0.05) is 6.54 Å². The van der Waals surface area contributed by atoms with Gasteiger partial charge in [-0.1, -0.05) is 30.3 Å². The maximum atomic E-state index is 3.60. The number of benzene rings is 1. The zero-order valence-electron chi connectivity index (χ0n) is 11.4. The van der Waals surface area contributed by atoms with Crippen molar-refractivity contribution in [3.05, 3.63) is 35.9 Å². The summed E-state index contributed by atoms with van der Waals surface area (Å²) in [5.74, 6) is 0.804. The Kier molecular flexibility index (Phi) is 3.40. The summed E-state index contributed by atoms with van der Waals surface area (Å²) in [5, 5.41) is 3.60. The van der Waals surface area contributed by atoms with Gasteiger partial charge in [-0.25, -0.2) is 0 Å². The van der Waals surface area contributed by atoms with Crippen LogP contribution in [-0.4, -0.2) is 38.1 Å². The summed E-state index contributed by atoms with van der Waals surface area (Å²) in [7, 11) is 2.27. The molecule has 2 saturated heterocycles. The second-order valence-electron chi connectivity index (χ2n) is 6.19. The molecule has 0 aliphatic carbocycles. The Labute approximate surface area is 110 Å². The molecule has 2 atom stereocenters. The van der Waals surface area contributed by atoms with E-state index in [1.165, 1.54) is 51.0 Å². The molecule has 2 nitrogen and oxygen atoms in total. The molecule has 3 rings (SSSR count). The van der Waals surface area contributed by atoms with Gasteiger partial charge in [-0.2, -0.15) is 0 Å². The highest BCUT2D eigenvalue weighted by Gasteiger charge is 2.44. The van der Waals surface area contributed by atoms with Crippen LogP contribution in [0.3, 0.4) is 0 Å². The van der Waals surface area contributed by atoms with Crippen molar-refractivity contribution in [2.75, 3.05) is 33.2 Å². The zero-order valence-corrected chi connectivity index (χ0v) is 11.4. The van der Waals surface area contributed by atoms with E-state index in [2.05, 4.69) is 47.6 Å². The third-order valence-corrected chi connectivity index (χ3v) is 4.96. The second kappa shape index (κ2) is 5.02. The number of likely N-dealkylation sites (tertiary alicyclic amines) is 1. The van der Waals surface area contributed by atoms with E-state index in [0.29, 0.717) is 5.41 Å². The monoisotopic (exact) mass is 244 g/mol. The van der Waals surface area contributed by atoms with Crippen molar-refractivity contribution < 1.29 is 0 Å². The smallest absolute Gasteiger partial charge is 0.00391 e. The van der Waals surface area contributed by atoms with Crippen LogP contribution >= 0.6 is 0 Å². The normalized spacial score (nSPS) is 33.1. The molecule has 1 spiro atoms. The first kappa shape index (κ1) is 12.2. The lowest BCUT2D eigenvalue weighted by Gasteiger charge is -2.42. The van der Waals surface area contributed by atoms with E-state index in [1.54, 1.807) is 0 Å². The van der Waals surface area contributed by atoms with Gasteiger partial charge in [-0.3, -0.25) is 0 Å². The largest absolute Gasteiger partial charge is 0.316 e. The standard InChI is InChI=1S/C16H24N2/c1-18-10-8-16(13-18)7-9-17-12-15(16)11-14-5-3-2-4-6-14/h2-6,15,17H,7-13H2,1H3. The minimum Gasteiger partial charge on any atom is -0.316 e. The Hall–Kier alpha value is -0.860. The molecule has 0 amide bonds. The number of hydrogen-bond donors (Lipinski definition) is 1. The molecule has 1 aromatic carbocycles. The van der Waals surface area contributed by atoms with Gasteiger partial charge in [0.15, 0.2) is 0 Å². The van der Waals surface area contributed by atoms with Gasteiger partial charge in [0.05, 0.1) is 0 Å². The first-order valence-corrected chi connectivity index (χ1v) is 7.22. The van der Waals surface area contributed by atoms with E-state index in [9.17, 15) is 0 Å². The quantitative estimate of drug-likeness (QED) is 0.857. The van der Waals surface area contributed by atoms with Crippen LogP contribution < -0.4 is 5.32 Å². The molecule has 2 unspecified atom stereocenters. The molecule has 0 aromatic heterocycles. The maximum absolute atomic E-state index is 3.60. The molecule has 1 N–H and O–H groups in total. The van der Waals surface area contributed by atoms with E-state index < -0.39 is 0 Å². The highest BCUT2D eigenvalue weighted by Crippen LogP contribution is 2.43. The molecule has 1 aromatic rings. The number of hydrogen-bond acceptors (Lipinski definition) is 2. The lowest BCUT2D eigenvalue weighted by molar-refractivity contribution is 0.117. The molecule has 2 heteroatoms.